The van der Waals surface area contributed by atoms with Crippen molar-refractivity contribution in [2.45, 2.75) is 32.2 Å². The first kappa shape index (κ1) is 13.5. The molecule has 5 heteroatoms. The third-order valence-electron chi connectivity index (χ3n) is 3.87. The Balaban J connectivity index is 2.16. The topological polar surface area (TPSA) is 69.6 Å². The van der Waals surface area contributed by atoms with Crippen molar-refractivity contribution in [1.29, 1.82) is 0 Å². The maximum absolute atomic E-state index is 12.3. The Morgan fingerprint density at radius 3 is 2.47 bits per heavy atom. The largest absolute Gasteiger partial charge is 0.329 e. The molecule has 0 aliphatic carbocycles. The molecule has 0 radical (unpaired) electrons. The number of amides is 2. The summed E-state index contributed by atoms with van der Waals surface area (Å²) in [6.45, 7) is 5.94. The fourth-order valence-corrected chi connectivity index (χ4v) is 2.39. The van der Waals surface area contributed by atoms with Crippen LogP contribution in [-0.4, -0.2) is 34.5 Å². The van der Waals surface area contributed by atoms with Crippen LogP contribution in [0.4, 0.5) is 0 Å². The molecule has 1 aliphatic rings. The van der Waals surface area contributed by atoms with Gasteiger partial charge >= 0.3 is 0 Å². The van der Waals surface area contributed by atoms with Crippen molar-refractivity contribution >= 4 is 11.8 Å². The molecule has 0 bridgehead atoms. The molecule has 1 fully saturated rings. The van der Waals surface area contributed by atoms with E-state index >= 15 is 0 Å². The molecule has 1 unspecified atom stereocenters. The van der Waals surface area contributed by atoms with E-state index < -0.39 is 17.4 Å². The standard InChI is InChI=1S/C14H18N2O3/c1-9-4-6-11(7-5-9)14(3)8-16(13(14)18)10(2)12(17)15-19/h4-7,10,19H,8H2,1-3H3,(H,15,17)/t10-,14?/m1/s1. The molecule has 1 aromatic rings. The highest BCUT2D eigenvalue weighted by Gasteiger charge is 2.52. The summed E-state index contributed by atoms with van der Waals surface area (Å²) in [4.78, 5) is 25.1. The number of nitrogens with zero attached hydrogens (tertiary/aromatic N) is 1. The normalized spacial score (nSPS) is 23.8. The van der Waals surface area contributed by atoms with Gasteiger partial charge in [0.25, 0.3) is 5.91 Å². The summed E-state index contributed by atoms with van der Waals surface area (Å²) in [5.74, 6) is -0.660. The molecule has 2 N–H and O–H groups in total. The number of carbonyl (C=O) groups is 2. The Hall–Kier alpha value is -1.88. The van der Waals surface area contributed by atoms with Crippen LogP contribution in [0.15, 0.2) is 24.3 Å². The number of benzene rings is 1. The average Bonchev–Trinajstić information content (AvgIpc) is 2.43. The van der Waals surface area contributed by atoms with Crippen LogP contribution in [0.5, 0.6) is 0 Å². The van der Waals surface area contributed by atoms with Gasteiger partial charge < -0.3 is 4.90 Å². The number of hydrogen-bond acceptors (Lipinski definition) is 3. The van der Waals surface area contributed by atoms with E-state index in [2.05, 4.69) is 0 Å². The number of hydroxylamine groups is 1. The van der Waals surface area contributed by atoms with Crippen LogP contribution in [0.2, 0.25) is 0 Å². The number of hydrogen-bond donors (Lipinski definition) is 2. The van der Waals surface area contributed by atoms with Crippen molar-refractivity contribution in [3.05, 3.63) is 35.4 Å². The number of nitrogens with one attached hydrogen (secondary N) is 1. The fourth-order valence-electron chi connectivity index (χ4n) is 2.39. The van der Waals surface area contributed by atoms with E-state index in [9.17, 15) is 9.59 Å². The minimum absolute atomic E-state index is 0.0903. The summed E-state index contributed by atoms with van der Waals surface area (Å²) in [7, 11) is 0. The van der Waals surface area contributed by atoms with Gasteiger partial charge in [0.15, 0.2) is 0 Å². The van der Waals surface area contributed by atoms with Crippen molar-refractivity contribution in [3.8, 4) is 0 Å². The lowest BCUT2D eigenvalue weighted by Crippen LogP contribution is -2.67. The molecule has 19 heavy (non-hydrogen) atoms. The van der Waals surface area contributed by atoms with Crippen molar-refractivity contribution in [3.63, 3.8) is 0 Å². The number of β-lactam (4-membered cyclic amide) rings is 1. The van der Waals surface area contributed by atoms with Crippen molar-refractivity contribution in [2.24, 2.45) is 0 Å². The lowest BCUT2D eigenvalue weighted by Gasteiger charge is -2.49. The van der Waals surface area contributed by atoms with E-state index in [1.54, 1.807) is 12.4 Å². The minimum atomic E-state index is -0.656. The molecular weight excluding hydrogens is 244 g/mol. The molecule has 0 saturated carbocycles. The molecule has 1 saturated heterocycles. The van der Waals surface area contributed by atoms with Crippen molar-refractivity contribution < 1.29 is 14.8 Å². The first-order chi connectivity index (χ1) is 8.90. The maximum atomic E-state index is 12.3. The lowest BCUT2D eigenvalue weighted by molar-refractivity contribution is -0.159. The SMILES string of the molecule is Cc1ccc(C2(C)CN([C@H](C)C(=O)NO)C2=O)cc1. The molecule has 2 amide bonds. The van der Waals surface area contributed by atoms with Crippen LogP contribution in [0.3, 0.4) is 0 Å². The van der Waals surface area contributed by atoms with Gasteiger partial charge in [-0.15, -0.1) is 0 Å². The van der Waals surface area contributed by atoms with Crippen LogP contribution in [0, 0.1) is 6.92 Å². The van der Waals surface area contributed by atoms with Gasteiger partial charge in [0.2, 0.25) is 5.91 Å². The number of likely N-dealkylation sites (tertiary alicyclic amines) is 1. The summed E-state index contributed by atoms with van der Waals surface area (Å²) in [5.41, 5.74) is 3.10. The second-order valence-electron chi connectivity index (χ2n) is 5.28. The van der Waals surface area contributed by atoms with Gasteiger partial charge in [-0.25, -0.2) is 5.48 Å². The summed E-state index contributed by atoms with van der Waals surface area (Å²) in [5, 5.41) is 8.60. The molecule has 1 heterocycles. The zero-order valence-electron chi connectivity index (χ0n) is 11.3. The van der Waals surface area contributed by atoms with Gasteiger partial charge in [-0.05, 0) is 26.3 Å². The van der Waals surface area contributed by atoms with Gasteiger partial charge in [-0.3, -0.25) is 14.8 Å². The van der Waals surface area contributed by atoms with Gasteiger partial charge in [0.05, 0.1) is 5.41 Å². The molecule has 0 spiro atoms. The maximum Gasteiger partial charge on any atom is 0.265 e. The van der Waals surface area contributed by atoms with Crippen molar-refractivity contribution in [1.82, 2.24) is 10.4 Å². The molecule has 102 valence electrons. The third-order valence-corrected chi connectivity index (χ3v) is 3.87. The molecule has 1 aliphatic heterocycles. The highest BCUT2D eigenvalue weighted by atomic mass is 16.5. The summed E-state index contributed by atoms with van der Waals surface area (Å²) in [6, 6.07) is 7.18. The van der Waals surface area contributed by atoms with Crippen LogP contribution < -0.4 is 5.48 Å². The predicted octanol–water partition coefficient (Wildman–Crippen LogP) is 0.989. The van der Waals surface area contributed by atoms with Crippen LogP contribution >= 0.6 is 0 Å². The number of aryl methyl sites for hydroxylation is 1. The Labute approximate surface area is 112 Å². The first-order valence-corrected chi connectivity index (χ1v) is 6.22. The van der Waals surface area contributed by atoms with Gasteiger partial charge in [-0.1, -0.05) is 29.8 Å². The summed E-state index contributed by atoms with van der Waals surface area (Å²) < 4.78 is 0. The molecule has 2 atom stereocenters. The Bertz CT molecular complexity index is 512. The Morgan fingerprint density at radius 1 is 1.42 bits per heavy atom. The Kier molecular flexibility index (Phi) is 3.32. The number of carbonyl (C=O) groups excluding carboxylic acids is 2. The summed E-state index contributed by atoms with van der Waals surface area (Å²) >= 11 is 0. The second-order valence-corrected chi connectivity index (χ2v) is 5.28. The Morgan fingerprint density at radius 2 is 2.00 bits per heavy atom. The zero-order chi connectivity index (χ0) is 14.2. The molecule has 2 rings (SSSR count). The third kappa shape index (κ3) is 2.10. The molecular formula is C14H18N2O3. The highest BCUT2D eigenvalue weighted by molar-refractivity contribution is 5.97. The fraction of sp³-hybridized carbons (Fsp3) is 0.429. The van der Waals surface area contributed by atoms with Crippen LogP contribution in [0.25, 0.3) is 0 Å². The van der Waals surface area contributed by atoms with Gasteiger partial charge in [-0.2, -0.15) is 0 Å². The van der Waals surface area contributed by atoms with E-state index in [0.717, 1.165) is 11.1 Å². The average molecular weight is 262 g/mol. The van der Waals surface area contributed by atoms with E-state index in [4.69, 9.17) is 5.21 Å². The molecule has 5 nitrogen and oxygen atoms in total. The van der Waals surface area contributed by atoms with Gasteiger partial charge in [0.1, 0.15) is 6.04 Å². The minimum Gasteiger partial charge on any atom is -0.329 e. The summed E-state index contributed by atoms with van der Waals surface area (Å²) in [6.07, 6.45) is 0. The highest BCUT2D eigenvalue weighted by Crippen LogP contribution is 2.36. The predicted molar refractivity (Wildman–Crippen MR) is 69.6 cm³/mol. The smallest absolute Gasteiger partial charge is 0.265 e. The van der Waals surface area contributed by atoms with E-state index in [1.165, 1.54) is 4.90 Å². The van der Waals surface area contributed by atoms with Gasteiger partial charge in [0, 0.05) is 6.54 Å². The van der Waals surface area contributed by atoms with E-state index in [-0.39, 0.29) is 5.91 Å². The molecule has 1 aromatic carbocycles. The quantitative estimate of drug-likeness (QED) is 0.485. The van der Waals surface area contributed by atoms with Crippen LogP contribution in [-0.2, 0) is 15.0 Å². The van der Waals surface area contributed by atoms with Crippen molar-refractivity contribution in [2.75, 3.05) is 6.54 Å². The van der Waals surface area contributed by atoms with E-state index in [0.29, 0.717) is 6.54 Å². The van der Waals surface area contributed by atoms with Crippen LogP contribution in [0.1, 0.15) is 25.0 Å². The first-order valence-electron chi connectivity index (χ1n) is 6.22. The monoisotopic (exact) mass is 262 g/mol. The second kappa shape index (κ2) is 4.66. The van der Waals surface area contributed by atoms with E-state index in [1.807, 2.05) is 38.1 Å². The number of rotatable bonds is 3. The lowest BCUT2D eigenvalue weighted by atomic mass is 9.73. The molecule has 0 aromatic heterocycles. The zero-order valence-corrected chi connectivity index (χ0v) is 11.3.